The van der Waals surface area contributed by atoms with Gasteiger partial charge in [-0.15, -0.1) is 10.2 Å². The molecule has 0 aliphatic carbocycles. The van der Waals surface area contributed by atoms with Gasteiger partial charge in [0, 0.05) is 12.0 Å². The van der Waals surface area contributed by atoms with Gasteiger partial charge in [-0.3, -0.25) is 0 Å². The Morgan fingerprint density at radius 2 is 1.91 bits per heavy atom. The summed E-state index contributed by atoms with van der Waals surface area (Å²) in [6, 6.07) is 9.80. The molecule has 0 saturated carbocycles. The van der Waals surface area contributed by atoms with Crippen molar-refractivity contribution in [3.05, 3.63) is 30.3 Å². The molecule has 0 fully saturated rings. The quantitative estimate of drug-likeness (QED) is 0.494. The molecule has 1 aromatic carbocycles. The van der Waals surface area contributed by atoms with Crippen molar-refractivity contribution in [3.8, 4) is 11.4 Å². The van der Waals surface area contributed by atoms with Crippen LogP contribution in [-0.4, -0.2) is 26.5 Å². The lowest BCUT2D eigenvalue weighted by Crippen LogP contribution is -2.13. The standard InChI is InChI=1S/C17H24N4O/c1-2-3-4-5-9-12-16(13-14-22)21-19-17(18-20-21)15-10-7-6-8-11-15/h6-8,10-11,14,16H,2-5,9,12-13H2,1H3. The van der Waals surface area contributed by atoms with Gasteiger partial charge in [0.15, 0.2) is 0 Å². The minimum absolute atomic E-state index is 0.0177. The van der Waals surface area contributed by atoms with Gasteiger partial charge in [-0.2, -0.15) is 4.80 Å². The first-order valence-electron chi connectivity index (χ1n) is 8.13. The van der Waals surface area contributed by atoms with Crippen molar-refractivity contribution in [2.45, 2.75) is 57.9 Å². The maximum atomic E-state index is 10.9. The van der Waals surface area contributed by atoms with E-state index in [0.717, 1.165) is 24.7 Å². The predicted octanol–water partition coefficient (Wildman–Crippen LogP) is 3.83. The molecule has 0 amide bonds. The van der Waals surface area contributed by atoms with Gasteiger partial charge in [-0.05, 0) is 11.6 Å². The predicted molar refractivity (Wildman–Crippen MR) is 86.3 cm³/mol. The molecular weight excluding hydrogens is 276 g/mol. The first kappa shape index (κ1) is 16.3. The summed E-state index contributed by atoms with van der Waals surface area (Å²) in [4.78, 5) is 12.5. The summed E-state index contributed by atoms with van der Waals surface area (Å²) < 4.78 is 0. The Morgan fingerprint density at radius 1 is 1.14 bits per heavy atom. The molecule has 118 valence electrons. The van der Waals surface area contributed by atoms with E-state index in [1.807, 2.05) is 30.3 Å². The van der Waals surface area contributed by atoms with Crippen molar-refractivity contribution >= 4 is 6.29 Å². The number of carbonyl (C=O) groups is 1. The highest BCUT2D eigenvalue weighted by Crippen LogP contribution is 2.19. The highest BCUT2D eigenvalue weighted by molar-refractivity contribution is 5.53. The Labute approximate surface area is 131 Å². The summed E-state index contributed by atoms with van der Waals surface area (Å²) in [5, 5.41) is 12.7. The average Bonchev–Trinajstić information content (AvgIpc) is 3.04. The second-order valence-electron chi connectivity index (χ2n) is 5.56. The Bertz CT molecular complexity index is 553. The molecule has 0 N–H and O–H groups in total. The molecule has 0 radical (unpaired) electrons. The van der Waals surface area contributed by atoms with Crippen molar-refractivity contribution in [3.63, 3.8) is 0 Å². The number of aldehydes is 1. The molecule has 1 atom stereocenters. The van der Waals surface area contributed by atoms with E-state index in [1.54, 1.807) is 4.80 Å². The summed E-state index contributed by atoms with van der Waals surface area (Å²) in [6.45, 7) is 2.21. The molecule has 0 spiro atoms. The first-order valence-corrected chi connectivity index (χ1v) is 8.13. The topological polar surface area (TPSA) is 60.7 Å². The highest BCUT2D eigenvalue weighted by atomic mass is 16.1. The summed E-state index contributed by atoms with van der Waals surface area (Å²) in [5.74, 6) is 0.613. The second kappa shape index (κ2) is 9.07. The molecule has 1 heterocycles. The lowest BCUT2D eigenvalue weighted by Gasteiger charge is -2.12. The number of unbranched alkanes of at least 4 members (excludes halogenated alkanes) is 4. The van der Waals surface area contributed by atoms with Crippen LogP contribution in [0.3, 0.4) is 0 Å². The Kier molecular flexibility index (Phi) is 6.74. The largest absolute Gasteiger partial charge is 0.303 e. The van der Waals surface area contributed by atoms with Crippen LogP contribution in [0.2, 0.25) is 0 Å². The van der Waals surface area contributed by atoms with Crippen molar-refractivity contribution in [1.29, 1.82) is 0 Å². The third-order valence-electron chi connectivity index (χ3n) is 3.80. The number of aromatic nitrogens is 4. The Hall–Kier alpha value is -2.04. The Balaban J connectivity index is 1.96. The number of rotatable bonds is 10. The van der Waals surface area contributed by atoms with E-state index in [9.17, 15) is 4.79 Å². The SMILES string of the molecule is CCCCCCCC(CC=O)n1nnc(-c2ccccc2)n1. The zero-order valence-corrected chi connectivity index (χ0v) is 13.2. The summed E-state index contributed by atoms with van der Waals surface area (Å²) in [7, 11) is 0. The summed E-state index contributed by atoms with van der Waals surface area (Å²) in [6.07, 6.45) is 8.38. The van der Waals surface area contributed by atoms with Gasteiger partial charge in [0.25, 0.3) is 0 Å². The van der Waals surface area contributed by atoms with Crippen LogP contribution in [0.5, 0.6) is 0 Å². The summed E-state index contributed by atoms with van der Waals surface area (Å²) in [5.41, 5.74) is 0.946. The van der Waals surface area contributed by atoms with Crippen LogP contribution >= 0.6 is 0 Å². The maximum absolute atomic E-state index is 10.9. The lowest BCUT2D eigenvalue weighted by molar-refractivity contribution is -0.108. The van der Waals surface area contributed by atoms with Gasteiger partial charge in [0.05, 0.1) is 6.04 Å². The summed E-state index contributed by atoms with van der Waals surface area (Å²) >= 11 is 0. The van der Waals surface area contributed by atoms with E-state index in [-0.39, 0.29) is 6.04 Å². The molecule has 0 aliphatic rings. The van der Waals surface area contributed by atoms with Crippen LogP contribution in [0.4, 0.5) is 0 Å². The average molecular weight is 300 g/mol. The molecule has 1 unspecified atom stereocenters. The molecule has 0 saturated heterocycles. The fourth-order valence-electron chi connectivity index (χ4n) is 2.50. The van der Waals surface area contributed by atoms with Gasteiger partial charge >= 0.3 is 0 Å². The van der Waals surface area contributed by atoms with E-state index in [4.69, 9.17) is 0 Å². The second-order valence-corrected chi connectivity index (χ2v) is 5.56. The van der Waals surface area contributed by atoms with Gasteiger partial charge in [0.1, 0.15) is 6.29 Å². The van der Waals surface area contributed by atoms with Crippen LogP contribution in [0.15, 0.2) is 30.3 Å². The van der Waals surface area contributed by atoms with E-state index < -0.39 is 0 Å². The van der Waals surface area contributed by atoms with E-state index >= 15 is 0 Å². The van der Waals surface area contributed by atoms with Gasteiger partial charge < -0.3 is 4.79 Å². The number of benzene rings is 1. The minimum atomic E-state index is 0.0177. The van der Waals surface area contributed by atoms with Crippen LogP contribution in [-0.2, 0) is 4.79 Å². The van der Waals surface area contributed by atoms with Crippen LogP contribution in [0, 0.1) is 0 Å². The molecule has 5 heteroatoms. The van der Waals surface area contributed by atoms with Gasteiger partial charge in [-0.25, -0.2) is 0 Å². The van der Waals surface area contributed by atoms with Crippen LogP contribution < -0.4 is 0 Å². The molecule has 2 rings (SSSR count). The minimum Gasteiger partial charge on any atom is -0.303 e. The zero-order valence-electron chi connectivity index (χ0n) is 13.2. The maximum Gasteiger partial charge on any atom is 0.204 e. The smallest absolute Gasteiger partial charge is 0.204 e. The fourth-order valence-corrected chi connectivity index (χ4v) is 2.50. The number of hydrogen-bond acceptors (Lipinski definition) is 4. The lowest BCUT2D eigenvalue weighted by atomic mass is 10.1. The van der Waals surface area contributed by atoms with E-state index in [0.29, 0.717) is 12.2 Å². The third-order valence-corrected chi connectivity index (χ3v) is 3.80. The van der Waals surface area contributed by atoms with Crippen molar-refractivity contribution < 1.29 is 4.79 Å². The monoisotopic (exact) mass is 300 g/mol. The van der Waals surface area contributed by atoms with Gasteiger partial charge in [-0.1, -0.05) is 69.4 Å². The Morgan fingerprint density at radius 3 is 2.64 bits per heavy atom. The van der Waals surface area contributed by atoms with Crippen molar-refractivity contribution in [2.75, 3.05) is 0 Å². The highest BCUT2D eigenvalue weighted by Gasteiger charge is 2.15. The molecule has 0 bridgehead atoms. The number of hydrogen-bond donors (Lipinski definition) is 0. The number of carbonyl (C=O) groups excluding carboxylic acids is 1. The van der Waals surface area contributed by atoms with Crippen LogP contribution in [0.25, 0.3) is 11.4 Å². The van der Waals surface area contributed by atoms with E-state index in [1.165, 1.54) is 25.7 Å². The molecule has 0 aliphatic heterocycles. The normalized spacial score (nSPS) is 12.2. The van der Waals surface area contributed by atoms with Crippen molar-refractivity contribution in [2.24, 2.45) is 0 Å². The van der Waals surface area contributed by atoms with Crippen molar-refractivity contribution in [1.82, 2.24) is 20.2 Å². The molecule has 22 heavy (non-hydrogen) atoms. The number of tetrazole rings is 1. The zero-order chi connectivity index (χ0) is 15.6. The molecule has 1 aromatic heterocycles. The third kappa shape index (κ3) is 4.76. The molecule has 2 aromatic rings. The van der Waals surface area contributed by atoms with E-state index in [2.05, 4.69) is 22.3 Å². The number of nitrogens with zero attached hydrogens (tertiary/aromatic N) is 4. The first-order chi connectivity index (χ1) is 10.8. The fraction of sp³-hybridized carbons (Fsp3) is 0.529. The van der Waals surface area contributed by atoms with Gasteiger partial charge in [0.2, 0.25) is 5.82 Å². The molecular formula is C17H24N4O. The van der Waals surface area contributed by atoms with Crippen LogP contribution in [0.1, 0.15) is 57.9 Å². The molecule has 5 nitrogen and oxygen atoms in total.